The average molecular weight is 543 g/mol. The van der Waals surface area contributed by atoms with Gasteiger partial charge in [-0.1, -0.05) is 22.9 Å². The zero-order chi connectivity index (χ0) is 25.9. The van der Waals surface area contributed by atoms with Gasteiger partial charge in [0.05, 0.1) is 40.5 Å². The maximum atomic E-state index is 12.8. The van der Waals surface area contributed by atoms with Gasteiger partial charge in [-0.3, -0.25) is 9.59 Å². The third-order valence-corrected chi connectivity index (χ3v) is 7.48. The molecule has 0 saturated carbocycles. The number of methoxy groups -OCH3 is 1. The SMILES string of the molecule is COCCn1c(Nc2nc3ccc(Cl)cc3s2)nc2cc(C(=O)NCC(=O)N3CCC(O)CC3)ccc21. The van der Waals surface area contributed by atoms with Gasteiger partial charge < -0.3 is 29.9 Å². The van der Waals surface area contributed by atoms with E-state index in [0.717, 1.165) is 15.7 Å². The molecule has 0 atom stereocenters. The Bertz CT molecular complexity index is 1450. The Morgan fingerprint density at radius 2 is 1.97 bits per heavy atom. The number of carbonyl (C=O) groups is 2. The van der Waals surface area contributed by atoms with Crippen molar-refractivity contribution in [2.75, 3.05) is 38.7 Å². The van der Waals surface area contributed by atoms with Crippen LogP contribution in [0.5, 0.6) is 0 Å². The Balaban J connectivity index is 1.34. The second kappa shape index (κ2) is 11.0. The fourth-order valence-corrected chi connectivity index (χ4v) is 5.44. The Hall–Kier alpha value is -3.25. The van der Waals surface area contributed by atoms with Gasteiger partial charge >= 0.3 is 0 Å². The first kappa shape index (κ1) is 25.4. The number of likely N-dealkylation sites (tertiary alicyclic amines) is 1. The van der Waals surface area contributed by atoms with Gasteiger partial charge in [0.2, 0.25) is 11.9 Å². The first-order chi connectivity index (χ1) is 17.9. The molecular weight excluding hydrogens is 516 g/mol. The minimum Gasteiger partial charge on any atom is -0.393 e. The molecule has 5 rings (SSSR count). The molecule has 3 N–H and O–H groups in total. The van der Waals surface area contributed by atoms with Crippen molar-refractivity contribution in [1.82, 2.24) is 24.8 Å². The number of aliphatic hydroxyl groups is 1. The van der Waals surface area contributed by atoms with Crippen molar-refractivity contribution in [1.29, 1.82) is 0 Å². The van der Waals surface area contributed by atoms with Gasteiger partial charge in [-0.25, -0.2) is 9.97 Å². The van der Waals surface area contributed by atoms with Crippen molar-refractivity contribution in [2.45, 2.75) is 25.5 Å². The predicted molar refractivity (Wildman–Crippen MR) is 144 cm³/mol. The number of halogens is 1. The molecule has 0 spiro atoms. The van der Waals surface area contributed by atoms with Crippen LogP contribution in [0.25, 0.3) is 21.3 Å². The van der Waals surface area contributed by atoms with Gasteiger partial charge in [0.1, 0.15) is 0 Å². The molecule has 0 bridgehead atoms. The molecule has 2 amide bonds. The lowest BCUT2D eigenvalue weighted by Gasteiger charge is -2.29. The average Bonchev–Trinajstić information content (AvgIpc) is 3.45. The van der Waals surface area contributed by atoms with Crippen LogP contribution in [0.4, 0.5) is 11.1 Å². The second-order valence-corrected chi connectivity index (χ2v) is 10.3. The van der Waals surface area contributed by atoms with E-state index in [1.807, 2.05) is 22.8 Å². The highest BCUT2D eigenvalue weighted by molar-refractivity contribution is 7.22. The van der Waals surface area contributed by atoms with Gasteiger partial charge in [0.25, 0.3) is 5.91 Å². The molecular formula is C25H27ClN6O4S. The summed E-state index contributed by atoms with van der Waals surface area (Å²) in [5.41, 5.74) is 2.72. The third-order valence-electron chi connectivity index (χ3n) is 6.32. The Morgan fingerprint density at radius 1 is 1.16 bits per heavy atom. The molecule has 1 saturated heterocycles. The zero-order valence-corrected chi connectivity index (χ0v) is 21.8. The predicted octanol–water partition coefficient (Wildman–Crippen LogP) is 3.40. The Morgan fingerprint density at radius 3 is 2.76 bits per heavy atom. The second-order valence-electron chi connectivity index (χ2n) is 8.83. The number of fused-ring (bicyclic) bond motifs is 2. The smallest absolute Gasteiger partial charge is 0.251 e. The molecule has 2 aromatic carbocycles. The van der Waals surface area contributed by atoms with Crippen LogP contribution in [0.1, 0.15) is 23.2 Å². The minimum atomic E-state index is -0.360. The molecule has 4 aromatic rings. The van der Waals surface area contributed by atoms with E-state index in [1.54, 1.807) is 30.2 Å². The molecule has 2 aromatic heterocycles. The van der Waals surface area contributed by atoms with E-state index in [2.05, 4.69) is 15.6 Å². The number of benzene rings is 2. The maximum absolute atomic E-state index is 12.8. The van der Waals surface area contributed by atoms with Crippen molar-refractivity contribution < 1.29 is 19.4 Å². The minimum absolute atomic E-state index is 0.0936. The van der Waals surface area contributed by atoms with E-state index in [-0.39, 0.29) is 24.5 Å². The molecule has 10 nitrogen and oxygen atoms in total. The number of nitrogens with zero attached hydrogens (tertiary/aromatic N) is 4. The summed E-state index contributed by atoms with van der Waals surface area (Å²) in [5, 5.41) is 17.0. The molecule has 1 aliphatic rings. The summed E-state index contributed by atoms with van der Waals surface area (Å²) >= 11 is 7.59. The molecule has 0 unspecified atom stereocenters. The lowest BCUT2D eigenvalue weighted by atomic mass is 10.1. The highest BCUT2D eigenvalue weighted by Gasteiger charge is 2.22. The summed E-state index contributed by atoms with van der Waals surface area (Å²) in [4.78, 5) is 36.3. The van der Waals surface area contributed by atoms with Crippen LogP contribution < -0.4 is 10.6 Å². The lowest BCUT2D eigenvalue weighted by Crippen LogP contribution is -2.45. The van der Waals surface area contributed by atoms with Crippen molar-refractivity contribution in [3.63, 3.8) is 0 Å². The van der Waals surface area contributed by atoms with Crippen LogP contribution in [-0.2, 0) is 16.1 Å². The van der Waals surface area contributed by atoms with Gasteiger partial charge in [0, 0.05) is 37.3 Å². The topological polar surface area (TPSA) is 122 Å². The van der Waals surface area contributed by atoms with E-state index in [4.69, 9.17) is 21.3 Å². The van der Waals surface area contributed by atoms with Crippen LogP contribution in [0.2, 0.25) is 5.02 Å². The van der Waals surface area contributed by atoms with E-state index < -0.39 is 0 Å². The third kappa shape index (κ3) is 5.69. The van der Waals surface area contributed by atoms with Crippen molar-refractivity contribution in [3.05, 3.63) is 47.0 Å². The highest BCUT2D eigenvalue weighted by atomic mass is 35.5. The summed E-state index contributed by atoms with van der Waals surface area (Å²) in [6.45, 7) is 1.93. The van der Waals surface area contributed by atoms with Crippen LogP contribution in [0.3, 0.4) is 0 Å². The molecule has 1 fully saturated rings. The largest absolute Gasteiger partial charge is 0.393 e. The molecule has 194 valence electrons. The number of aromatic nitrogens is 3. The van der Waals surface area contributed by atoms with Gasteiger partial charge in [-0.2, -0.15) is 0 Å². The number of anilines is 2. The number of thiazole rings is 1. The van der Waals surface area contributed by atoms with Gasteiger partial charge in [-0.15, -0.1) is 0 Å². The monoisotopic (exact) mass is 542 g/mol. The number of hydrogen-bond acceptors (Lipinski definition) is 8. The van der Waals surface area contributed by atoms with Crippen LogP contribution in [0.15, 0.2) is 36.4 Å². The first-order valence-electron chi connectivity index (χ1n) is 12.0. The number of hydrogen-bond donors (Lipinski definition) is 3. The first-order valence-corrected chi connectivity index (χ1v) is 13.2. The fraction of sp³-hybridized carbons (Fsp3) is 0.360. The summed E-state index contributed by atoms with van der Waals surface area (Å²) < 4.78 is 8.23. The zero-order valence-electron chi connectivity index (χ0n) is 20.2. The Labute approximate surface area is 222 Å². The summed E-state index contributed by atoms with van der Waals surface area (Å²) in [6, 6.07) is 10.8. The standard InChI is InChI=1S/C25H27ClN6O4S/c1-36-11-10-32-20-5-2-15(23(35)27-14-22(34)31-8-6-17(33)7-9-31)12-19(20)28-24(32)30-25-29-18-4-3-16(26)13-21(18)37-25/h2-5,12-13,17,33H,6-11,14H2,1H3,(H,27,35)(H,28,29,30). The molecule has 0 radical (unpaired) electrons. The molecule has 3 heterocycles. The van der Waals surface area contributed by atoms with Gasteiger partial charge in [-0.05, 0) is 49.2 Å². The van der Waals surface area contributed by atoms with Crippen LogP contribution >= 0.6 is 22.9 Å². The van der Waals surface area contributed by atoms with Crippen molar-refractivity contribution in [2.24, 2.45) is 0 Å². The molecule has 12 heteroatoms. The number of amides is 2. The van der Waals surface area contributed by atoms with E-state index in [1.165, 1.54) is 11.3 Å². The van der Waals surface area contributed by atoms with E-state index >= 15 is 0 Å². The lowest BCUT2D eigenvalue weighted by molar-refractivity contribution is -0.132. The molecule has 0 aliphatic carbocycles. The van der Waals surface area contributed by atoms with Crippen molar-refractivity contribution in [3.8, 4) is 0 Å². The highest BCUT2D eigenvalue weighted by Crippen LogP contribution is 2.31. The van der Waals surface area contributed by atoms with E-state index in [0.29, 0.717) is 66.3 Å². The number of rotatable bonds is 8. The number of imidazole rings is 1. The van der Waals surface area contributed by atoms with Crippen LogP contribution in [-0.4, -0.2) is 75.8 Å². The quantitative estimate of drug-likeness (QED) is 0.312. The number of nitrogens with one attached hydrogen (secondary N) is 2. The number of carbonyl (C=O) groups excluding carboxylic acids is 2. The number of ether oxygens (including phenoxy) is 1. The van der Waals surface area contributed by atoms with Crippen LogP contribution in [0, 0.1) is 0 Å². The summed E-state index contributed by atoms with van der Waals surface area (Å²) in [6.07, 6.45) is 0.758. The fourth-order valence-electron chi connectivity index (χ4n) is 4.31. The Kier molecular flexibility index (Phi) is 7.56. The van der Waals surface area contributed by atoms with Crippen molar-refractivity contribution >= 4 is 67.1 Å². The maximum Gasteiger partial charge on any atom is 0.251 e. The molecule has 1 aliphatic heterocycles. The normalized spacial score (nSPS) is 14.4. The van der Waals surface area contributed by atoms with E-state index in [9.17, 15) is 14.7 Å². The number of piperidine rings is 1. The molecule has 37 heavy (non-hydrogen) atoms. The number of aliphatic hydroxyl groups excluding tert-OH is 1. The summed E-state index contributed by atoms with van der Waals surface area (Å²) in [5.74, 6) is 0.0716. The summed E-state index contributed by atoms with van der Waals surface area (Å²) in [7, 11) is 1.64. The van der Waals surface area contributed by atoms with Gasteiger partial charge in [0.15, 0.2) is 5.13 Å².